The van der Waals surface area contributed by atoms with E-state index in [1.165, 1.54) is 4.90 Å². The van der Waals surface area contributed by atoms with Crippen molar-refractivity contribution in [2.75, 3.05) is 6.54 Å². The summed E-state index contributed by atoms with van der Waals surface area (Å²) in [5, 5.41) is 14.0. The molecule has 2 aromatic heterocycles. The Kier molecular flexibility index (Phi) is 3.12. The van der Waals surface area contributed by atoms with Crippen LogP contribution in [-0.2, 0) is 11.8 Å². The van der Waals surface area contributed by atoms with Crippen LogP contribution in [0, 0.1) is 6.92 Å². The fraction of sp³-hybridized carbons (Fsp3) is 0.429. The van der Waals surface area contributed by atoms with Gasteiger partial charge in [0.05, 0.1) is 17.1 Å². The van der Waals surface area contributed by atoms with Crippen molar-refractivity contribution in [2.24, 2.45) is 7.05 Å². The van der Waals surface area contributed by atoms with E-state index in [1.807, 2.05) is 6.92 Å². The molecular weight excluding hydrogens is 272 g/mol. The summed E-state index contributed by atoms with van der Waals surface area (Å²) in [6.07, 6.45) is 2.81. The number of nitrogens with zero attached hydrogens (tertiary/aromatic N) is 4. The summed E-state index contributed by atoms with van der Waals surface area (Å²) >= 11 is 0. The molecule has 0 aromatic carbocycles. The number of fused-ring (bicyclic) bond motifs is 1. The first-order valence-corrected chi connectivity index (χ1v) is 6.82. The number of carbonyl (C=O) groups is 2. The number of hydrogen-bond donors (Lipinski definition) is 1. The maximum absolute atomic E-state index is 12.7. The molecule has 0 radical (unpaired) electrons. The Bertz CT molecular complexity index is 737. The number of likely N-dealkylation sites (tertiary alicyclic amines) is 1. The fourth-order valence-corrected chi connectivity index (χ4v) is 2.84. The van der Waals surface area contributed by atoms with Gasteiger partial charge in [-0.2, -0.15) is 5.10 Å². The van der Waals surface area contributed by atoms with Crippen LogP contribution in [0.3, 0.4) is 0 Å². The van der Waals surface area contributed by atoms with Crippen LogP contribution in [0.4, 0.5) is 0 Å². The second-order valence-electron chi connectivity index (χ2n) is 5.31. The van der Waals surface area contributed by atoms with Gasteiger partial charge in [0.2, 0.25) is 0 Å². The number of pyridine rings is 1. The molecule has 0 aliphatic carbocycles. The van der Waals surface area contributed by atoms with E-state index in [9.17, 15) is 14.7 Å². The van der Waals surface area contributed by atoms with E-state index in [-0.39, 0.29) is 5.91 Å². The second-order valence-corrected chi connectivity index (χ2v) is 5.31. The maximum atomic E-state index is 12.7. The number of carboxylic acid groups (broad SMARTS) is 1. The molecule has 1 aliphatic heterocycles. The van der Waals surface area contributed by atoms with Gasteiger partial charge in [-0.15, -0.1) is 0 Å². The van der Waals surface area contributed by atoms with Gasteiger partial charge in [0.1, 0.15) is 6.04 Å². The molecule has 110 valence electrons. The molecule has 1 aliphatic rings. The van der Waals surface area contributed by atoms with Crippen LogP contribution in [0.25, 0.3) is 11.0 Å². The lowest BCUT2D eigenvalue weighted by molar-refractivity contribution is -0.141. The molecule has 2 aromatic rings. The average molecular weight is 288 g/mol. The van der Waals surface area contributed by atoms with Crippen molar-refractivity contribution < 1.29 is 14.7 Å². The molecule has 7 nitrogen and oxygen atoms in total. The van der Waals surface area contributed by atoms with Crippen LogP contribution in [0.5, 0.6) is 0 Å². The lowest BCUT2D eigenvalue weighted by atomic mass is 10.1. The third kappa shape index (κ3) is 2.14. The van der Waals surface area contributed by atoms with Gasteiger partial charge in [-0.1, -0.05) is 0 Å². The van der Waals surface area contributed by atoms with Crippen molar-refractivity contribution in [3.63, 3.8) is 0 Å². The van der Waals surface area contributed by atoms with Crippen molar-refractivity contribution in [1.82, 2.24) is 19.7 Å². The third-order valence-corrected chi connectivity index (χ3v) is 3.86. The molecular formula is C14H16N4O3. The van der Waals surface area contributed by atoms with Gasteiger partial charge in [0.25, 0.3) is 5.91 Å². The summed E-state index contributed by atoms with van der Waals surface area (Å²) in [6.45, 7) is 2.28. The van der Waals surface area contributed by atoms with Crippen LogP contribution in [0.1, 0.15) is 28.9 Å². The Morgan fingerprint density at radius 3 is 2.90 bits per heavy atom. The Balaban J connectivity index is 2.07. The van der Waals surface area contributed by atoms with Gasteiger partial charge in [-0.3, -0.25) is 9.48 Å². The fourth-order valence-electron chi connectivity index (χ4n) is 2.84. The maximum Gasteiger partial charge on any atom is 0.326 e. The Morgan fingerprint density at radius 2 is 2.19 bits per heavy atom. The Hall–Kier alpha value is -2.44. The molecule has 0 unspecified atom stereocenters. The number of aryl methyl sites for hydroxylation is 2. The van der Waals surface area contributed by atoms with Crippen molar-refractivity contribution in [1.29, 1.82) is 0 Å². The zero-order chi connectivity index (χ0) is 15.1. The van der Waals surface area contributed by atoms with Crippen molar-refractivity contribution in [3.8, 4) is 0 Å². The minimum absolute atomic E-state index is 0.261. The largest absolute Gasteiger partial charge is 0.480 e. The molecule has 21 heavy (non-hydrogen) atoms. The van der Waals surface area contributed by atoms with Crippen LogP contribution in [-0.4, -0.2) is 49.2 Å². The number of hydrogen-bond acceptors (Lipinski definition) is 4. The molecule has 1 N–H and O–H groups in total. The van der Waals surface area contributed by atoms with Gasteiger partial charge in [0, 0.05) is 19.3 Å². The monoisotopic (exact) mass is 288 g/mol. The first kappa shape index (κ1) is 13.5. The van der Waals surface area contributed by atoms with Gasteiger partial charge in [-0.25, -0.2) is 9.78 Å². The Labute approximate surface area is 121 Å². The summed E-state index contributed by atoms with van der Waals surface area (Å²) < 4.78 is 1.61. The van der Waals surface area contributed by atoms with E-state index >= 15 is 0 Å². The predicted molar refractivity (Wildman–Crippen MR) is 74.9 cm³/mol. The topological polar surface area (TPSA) is 88.3 Å². The predicted octanol–water partition coefficient (Wildman–Crippen LogP) is 0.966. The highest BCUT2D eigenvalue weighted by Crippen LogP contribution is 2.24. The third-order valence-electron chi connectivity index (χ3n) is 3.86. The lowest BCUT2D eigenvalue weighted by Gasteiger charge is -2.21. The van der Waals surface area contributed by atoms with E-state index in [2.05, 4.69) is 10.1 Å². The highest BCUT2D eigenvalue weighted by atomic mass is 16.4. The summed E-state index contributed by atoms with van der Waals surface area (Å²) in [6, 6.07) is 0.960. The number of amides is 1. The minimum Gasteiger partial charge on any atom is -0.480 e. The van der Waals surface area contributed by atoms with Crippen LogP contribution < -0.4 is 0 Å². The van der Waals surface area contributed by atoms with E-state index in [0.717, 1.165) is 0 Å². The van der Waals surface area contributed by atoms with E-state index in [0.29, 0.717) is 41.7 Å². The zero-order valence-corrected chi connectivity index (χ0v) is 11.9. The zero-order valence-electron chi connectivity index (χ0n) is 11.9. The van der Waals surface area contributed by atoms with Crippen molar-refractivity contribution in [3.05, 3.63) is 23.5 Å². The smallest absolute Gasteiger partial charge is 0.326 e. The Morgan fingerprint density at radius 1 is 1.43 bits per heavy atom. The van der Waals surface area contributed by atoms with Gasteiger partial charge < -0.3 is 10.0 Å². The standard InChI is InChI=1S/C14H16N4O3/c1-8-6-9(10-7-15-17(2)12(10)16-8)13(19)18-5-3-4-11(18)14(20)21/h6-7,11H,3-5H2,1-2H3,(H,20,21)/t11-/m1/s1. The molecule has 3 heterocycles. The number of aromatic nitrogens is 3. The van der Waals surface area contributed by atoms with Gasteiger partial charge in [-0.05, 0) is 25.8 Å². The minimum atomic E-state index is -0.950. The molecule has 1 fully saturated rings. The van der Waals surface area contributed by atoms with Crippen molar-refractivity contribution >= 4 is 22.9 Å². The van der Waals surface area contributed by atoms with E-state index < -0.39 is 12.0 Å². The van der Waals surface area contributed by atoms with Crippen LogP contribution in [0.2, 0.25) is 0 Å². The SMILES string of the molecule is Cc1cc(C(=O)N2CCC[C@@H]2C(=O)O)c2cnn(C)c2n1. The van der Waals surface area contributed by atoms with Crippen molar-refractivity contribution in [2.45, 2.75) is 25.8 Å². The van der Waals surface area contributed by atoms with E-state index in [4.69, 9.17) is 0 Å². The normalized spacial score (nSPS) is 18.4. The summed E-state index contributed by atoms with van der Waals surface area (Å²) in [5.74, 6) is -1.21. The molecule has 0 spiro atoms. The summed E-state index contributed by atoms with van der Waals surface area (Å²) in [5.41, 5.74) is 1.81. The number of rotatable bonds is 2. The second kappa shape index (κ2) is 4.83. The van der Waals surface area contributed by atoms with Crippen LogP contribution in [0.15, 0.2) is 12.3 Å². The first-order chi connectivity index (χ1) is 9.99. The molecule has 1 saturated heterocycles. The number of carbonyl (C=O) groups excluding carboxylic acids is 1. The van der Waals surface area contributed by atoms with Crippen LogP contribution >= 0.6 is 0 Å². The summed E-state index contributed by atoms with van der Waals surface area (Å²) in [4.78, 5) is 29.8. The molecule has 0 bridgehead atoms. The number of aliphatic carboxylic acids is 1. The highest BCUT2D eigenvalue weighted by molar-refractivity contribution is 6.06. The average Bonchev–Trinajstić information content (AvgIpc) is 3.05. The summed E-state index contributed by atoms with van der Waals surface area (Å²) in [7, 11) is 1.76. The van der Waals surface area contributed by atoms with Gasteiger partial charge >= 0.3 is 5.97 Å². The lowest BCUT2D eigenvalue weighted by Crippen LogP contribution is -2.40. The van der Waals surface area contributed by atoms with E-state index in [1.54, 1.807) is 24.0 Å². The molecule has 7 heteroatoms. The molecule has 0 saturated carbocycles. The molecule has 1 atom stereocenters. The first-order valence-electron chi connectivity index (χ1n) is 6.82. The quantitative estimate of drug-likeness (QED) is 0.889. The highest BCUT2D eigenvalue weighted by Gasteiger charge is 2.35. The number of carboxylic acids is 1. The molecule has 1 amide bonds. The molecule has 3 rings (SSSR count). The van der Waals surface area contributed by atoms with Gasteiger partial charge in [0.15, 0.2) is 5.65 Å².